The van der Waals surface area contributed by atoms with Crippen molar-refractivity contribution in [3.05, 3.63) is 81.3 Å². The van der Waals surface area contributed by atoms with Gasteiger partial charge < -0.3 is 19.9 Å². The predicted molar refractivity (Wildman–Crippen MR) is 142 cm³/mol. The molecule has 2 aliphatic rings. The van der Waals surface area contributed by atoms with Crippen LogP contribution in [0.15, 0.2) is 89.7 Å². The molecule has 2 aromatic carbocycles. The first-order valence-corrected chi connectivity index (χ1v) is 13.8. The third kappa shape index (κ3) is 4.51. The van der Waals surface area contributed by atoms with Crippen molar-refractivity contribution in [1.82, 2.24) is 4.98 Å². The summed E-state index contributed by atoms with van der Waals surface area (Å²) in [5.74, 6) is 0. The maximum absolute atomic E-state index is 12.5. The fourth-order valence-electron chi connectivity index (χ4n) is 4.20. The van der Waals surface area contributed by atoms with E-state index in [0.29, 0.717) is 13.2 Å². The molecule has 4 aromatic rings. The van der Waals surface area contributed by atoms with Crippen LogP contribution in [0.1, 0.15) is 5.56 Å². The zero-order valence-corrected chi connectivity index (χ0v) is 20.8. The summed E-state index contributed by atoms with van der Waals surface area (Å²) in [5.41, 5.74) is 5.22. The lowest BCUT2D eigenvalue weighted by Crippen LogP contribution is -2.36. The van der Waals surface area contributed by atoms with Crippen LogP contribution in [0, 0.1) is 0 Å². The van der Waals surface area contributed by atoms with Crippen LogP contribution in [-0.4, -0.2) is 31.3 Å². The van der Waals surface area contributed by atoms with E-state index in [4.69, 9.17) is 4.74 Å². The Labute approximate surface area is 210 Å². The number of hydrogen-bond donors (Lipinski definition) is 2. The molecule has 0 unspecified atom stereocenters. The van der Waals surface area contributed by atoms with Crippen molar-refractivity contribution in [2.24, 2.45) is 0 Å². The second-order valence-electron chi connectivity index (χ2n) is 8.20. The van der Waals surface area contributed by atoms with Crippen LogP contribution in [0.5, 0.6) is 0 Å². The summed E-state index contributed by atoms with van der Waals surface area (Å²) in [6.07, 6.45) is 0. The highest BCUT2D eigenvalue weighted by molar-refractivity contribution is 8.05. The van der Waals surface area contributed by atoms with Crippen LogP contribution >= 0.6 is 34.9 Å². The molecule has 2 aromatic heterocycles. The van der Waals surface area contributed by atoms with Crippen LogP contribution in [0.3, 0.4) is 0 Å². The van der Waals surface area contributed by atoms with Crippen molar-refractivity contribution >= 4 is 46.2 Å². The summed E-state index contributed by atoms with van der Waals surface area (Å²) in [4.78, 5) is 22.7. The number of ether oxygens (including phenoxy) is 1. The molecule has 0 bridgehead atoms. The molecule has 2 N–H and O–H groups in total. The van der Waals surface area contributed by atoms with E-state index in [1.807, 2.05) is 0 Å². The molecule has 5 nitrogen and oxygen atoms in total. The number of aromatic amines is 1. The molecule has 0 spiro atoms. The van der Waals surface area contributed by atoms with Crippen molar-refractivity contribution < 1.29 is 4.74 Å². The molecule has 172 valence electrons. The Hall–Kier alpha value is -2.65. The first kappa shape index (κ1) is 21.9. The number of fused-ring (bicyclic) bond motifs is 2. The van der Waals surface area contributed by atoms with Crippen LogP contribution in [0.4, 0.5) is 11.4 Å². The van der Waals surface area contributed by atoms with Gasteiger partial charge in [-0.25, -0.2) is 0 Å². The molecule has 2 aliphatic heterocycles. The van der Waals surface area contributed by atoms with Gasteiger partial charge in [-0.3, -0.25) is 4.79 Å². The minimum atomic E-state index is -0.0770. The van der Waals surface area contributed by atoms with Gasteiger partial charge in [0.25, 0.3) is 0 Å². The number of rotatable bonds is 5. The van der Waals surface area contributed by atoms with Crippen LogP contribution in [0.25, 0.3) is 11.3 Å². The maximum Gasteiger partial charge on any atom is 0.250 e. The van der Waals surface area contributed by atoms with E-state index in [1.54, 1.807) is 40.9 Å². The minimum absolute atomic E-state index is 0.0770. The summed E-state index contributed by atoms with van der Waals surface area (Å²) >= 11 is 5.28. The zero-order chi connectivity index (χ0) is 22.9. The van der Waals surface area contributed by atoms with Gasteiger partial charge in [0.15, 0.2) is 0 Å². The quantitative estimate of drug-likeness (QED) is 0.298. The molecular weight excluding hydrogens is 483 g/mol. The molecule has 1 fully saturated rings. The lowest BCUT2D eigenvalue weighted by atomic mass is 10.1. The molecule has 34 heavy (non-hydrogen) atoms. The SMILES string of the molecule is O=c1cc(N2CCOCC2)cc(-c2cccc3c2Sc2ccc(NCc4ccsc4)cc2S3)[nH]1. The third-order valence-electron chi connectivity index (χ3n) is 5.93. The van der Waals surface area contributed by atoms with E-state index in [-0.39, 0.29) is 5.56 Å². The average molecular weight is 506 g/mol. The summed E-state index contributed by atoms with van der Waals surface area (Å²) < 4.78 is 5.48. The van der Waals surface area contributed by atoms with Gasteiger partial charge in [-0.05, 0) is 52.7 Å². The summed E-state index contributed by atoms with van der Waals surface area (Å²) in [5, 5.41) is 7.81. The van der Waals surface area contributed by atoms with Gasteiger partial charge in [-0.2, -0.15) is 11.3 Å². The van der Waals surface area contributed by atoms with Gasteiger partial charge in [-0.15, -0.1) is 0 Å². The molecule has 8 heteroatoms. The molecular formula is C26H23N3O2S3. The van der Waals surface area contributed by atoms with Crippen LogP contribution < -0.4 is 15.8 Å². The van der Waals surface area contributed by atoms with Gasteiger partial charge in [-0.1, -0.05) is 35.7 Å². The fraction of sp³-hybridized carbons (Fsp3) is 0.192. The monoisotopic (exact) mass is 505 g/mol. The molecule has 0 saturated carbocycles. The number of nitrogens with zero attached hydrogens (tertiary/aromatic N) is 1. The first-order chi connectivity index (χ1) is 16.7. The summed E-state index contributed by atoms with van der Waals surface area (Å²) in [6.45, 7) is 3.81. The molecule has 0 atom stereocenters. The van der Waals surface area contributed by atoms with Crippen molar-refractivity contribution in [3.8, 4) is 11.3 Å². The topological polar surface area (TPSA) is 57.4 Å². The molecule has 6 rings (SSSR count). The number of thiophene rings is 1. The minimum Gasteiger partial charge on any atom is -0.381 e. The number of pyridine rings is 1. The third-order valence-corrected chi connectivity index (χ3v) is 9.25. The van der Waals surface area contributed by atoms with Gasteiger partial charge in [0.1, 0.15) is 0 Å². The van der Waals surface area contributed by atoms with E-state index < -0.39 is 0 Å². The highest BCUT2D eigenvalue weighted by Crippen LogP contribution is 2.52. The van der Waals surface area contributed by atoms with E-state index in [2.05, 4.69) is 74.5 Å². The Morgan fingerprint density at radius 3 is 2.74 bits per heavy atom. The van der Waals surface area contributed by atoms with Gasteiger partial charge in [0.05, 0.1) is 18.9 Å². The maximum atomic E-state index is 12.5. The highest BCUT2D eigenvalue weighted by Gasteiger charge is 2.22. The van der Waals surface area contributed by atoms with E-state index >= 15 is 0 Å². The van der Waals surface area contributed by atoms with Crippen molar-refractivity contribution in [2.45, 2.75) is 26.1 Å². The van der Waals surface area contributed by atoms with Crippen molar-refractivity contribution in [3.63, 3.8) is 0 Å². The van der Waals surface area contributed by atoms with Crippen LogP contribution in [-0.2, 0) is 11.3 Å². The van der Waals surface area contributed by atoms with E-state index in [1.165, 1.54) is 25.1 Å². The normalized spacial score (nSPS) is 15.0. The summed E-state index contributed by atoms with van der Waals surface area (Å²) in [6, 6.07) is 18.8. The second-order valence-corrected chi connectivity index (χ2v) is 11.1. The fourth-order valence-corrected chi connectivity index (χ4v) is 7.28. The second kappa shape index (κ2) is 9.54. The molecule has 1 saturated heterocycles. The average Bonchev–Trinajstić information content (AvgIpc) is 3.40. The molecule has 0 amide bonds. The van der Waals surface area contributed by atoms with Crippen molar-refractivity contribution in [1.29, 1.82) is 0 Å². The number of morpholine rings is 1. The summed E-state index contributed by atoms with van der Waals surface area (Å²) in [7, 11) is 0. The highest BCUT2D eigenvalue weighted by atomic mass is 32.2. The number of hydrogen-bond acceptors (Lipinski definition) is 7. The standard InChI is InChI=1S/C26H23N3O2S3/c30-25-14-19(29-7-9-31-10-8-29)13-21(28-25)20-2-1-3-23-26(20)34-22-5-4-18(12-24(22)33-23)27-15-17-6-11-32-16-17/h1-6,11-14,16,27H,7-10,15H2,(H,28,30). The molecule has 0 radical (unpaired) electrons. The van der Waals surface area contributed by atoms with Gasteiger partial charge in [0.2, 0.25) is 5.56 Å². The number of benzene rings is 2. The Balaban J connectivity index is 1.29. The Bertz CT molecular complexity index is 1380. The molecule has 0 aliphatic carbocycles. The Morgan fingerprint density at radius 1 is 0.971 bits per heavy atom. The largest absolute Gasteiger partial charge is 0.381 e. The lowest BCUT2D eigenvalue weighted by molar-refractivity contribution is 0.122. The first-order valence-electron chi connectivity index (χ1n) is 11.2. The van der Waals surface area contributed by atoms with Gasteiger partial charge >= 0.3 is 0 Å². The van der Waals surface area contributed by atoms with Crippen LogP contribution in [0.2, 0.25) is 0 Å². The number of aromatic nitrogens is 1. The predicted octanol–water partition coefficient (Wildman–Crippen LogP) is 6.17. The number of nitrogens with one attached hydrogen (secondary N) is 2. The Morgan fingerprint density at radius 2 is 1.88 bits per heavy atom. The smallest absolute Gasteiger partial charge is 0.250 e. The zero-order valence-electron chi connectivity index (χ0n) is 18.4. The lowest BCUT2D eigenvalue weighted by Gasteiger charge is -2.29. The molecule has 4 heterocycles. The van der Waals surface area contributed by atoms with E-state index in [0.717, 1.165) is 42.3 Å². The number of anilines is 2. The van der Waals surface area contributed by atoms with Gasteiger partial charge in [0, 0.05) is 62.2 Å². The Kier molecular flexibility index (Phi) is 6.13. The number of H-pyrrole nitrogens is 1. The van der Waals surface area contributed by atoms with E-state index in [9.17, 15) is 4.79 Å². The van der Waals surface area contributed by atoms with Crippen molar-refractivity contribution in [2.75, 3.05) is 36.5 Å².